The normalized spacial score (nSPS) is 9.85. The van der Waals surface area contributed by atoms with Gasteiger partial charge in [-0.1, -0.05) is 34.8 Å². The van der Waals surface area contributed by atoms with Crippen molar-refractivity contribution < 1.29 is 9.53 Å². The summed E-state index contributed by atoms with van der Waals surface area (Å²) in [7, 11) is 1.25. The summed E-state index contributed by atoms with van der Waals surface area (Å²) >= 11 is 17.2. The van der Waals surface area contributed by atoms with E-state index in [2.05, 4.69) is 4.74 Å². The summed E-state index contributed by atoms with van der Waals surface area (Å²) in [6, 6.07) is 3.00. The molecule has 5 heteroatoms. The molecule has 0 atom stereocenters. The van der Waals surface area contributed by atoms with Crippen LogP contribution < -0.4 is 0 Å². The van der Waals surface area contributed by atoms with Crippen molar-refractivity contribution in [3.05, 3.63) is 32.8 Å². The third-order valence-corrected chi connectivity index (χ3v) is 2.55. The van der Waals surface area contributed by atoms with Crippen LogP contribution in [0.15, 0.2) is 12.1 Å². The predicted octanol–water partition coefficient (Wildman–Crippen LogP) is 3.43. The lowest BCUT2D eigenvalue weighted by Gasteiger charge is -2.05. The zero-order valence-electron chi connectivity index (χ0n) is 6.61. The van der Waals surface area contributed by atoms with Crippen LogP contribution in [0.5, 0.6) is 0 Å². The van der Waals surface area contributed by atoms with Crippen LogP contribution in [-0.4, -0.2) is 13.1 Å². The molecule has 0 aliphatic rings. The number of methoxy groups -OCH3 is 1. The molecule has 70 valence electrons. The van der Waals surface area contributed by atoms with E-state index in [0.29, 0.717) is 0 Å². The molecule has 0 unspecified atom stereocenters. The van der Waals surface area contributed by atoms with Crippen LogP contribution >= 0.6 is 34.8 Å². The molecule has 1 aromatic carbocycles. The maximum absolute atomic E-state index is 11.2. The van der Waals surface area contributed by atoms with Crippen LogP contribution in [0.1, 0.15) is 10.4 Å². The molecule has 0 amide bonds. The minimum Gasteiger partial charge on any atom is -0.465 e. The van der Waals surface area contributed by atoms with Gasteiger partial charge in [-0.3, -0.25) is 0 Å². The predicted molar refractivity (Wildman–Crippen MR) is 52.8 cm³/mol. The lowest BCUT2D eigenvalue weighted by Crippen LogP contribution is -2.03. The van der Waals surface area contributed by atoms with Gasteiger partial charge in [-0.05, 0) is 12.1 Å². The van der Waals surface area contributed by atoms with Gasteiger partial charge in [-0.2, -0.15) is 0 Å². The quantitative estimate of drug-likeness (QED) is 0.554. The SMILES string of the molecule is COC(=O)c1c(Cl)ccc(Cl)c1Cl. The Morgan fingerprint density at radius 2 is 1.77 bits per heavy atom. The number of hydrogen-bond acceptors (Lipinski definition) is 2. The van der Waals surface area contributed by atoms with Crippen molar-refractivity contribution in [1.82, 2.24) is 0 Å². The van der Waals surface area contributed by atoms with Crippen LogP contribution in [0.3, 0.4) is 0 Å². The lowest BCUT2D eigenvalue weighted by molar-refractivity contribution is 0.0601. The van der Waals surface area contributed by atoms with Crippen LogP contribution in [-0.2, 0) is 4.74 Å². The van der Waals surface area contributed by atoms with Crippen LogP contribution in [0.25, 0.3) is 0 Å². The molecule has 0 fully saturated rings. The highest BCUT2D eigenvalue weighted by molar-refractivity contribution is 6.46. The van der Waals surface area contributed by atoms with Gasteiger partial charge in [0, 0.05) is 0 Å². The fourth-order valence-electron chi connectivity index (χ4n) is 0.816. The molecule has 0 N–H and O–H groups in total. The van der Waals surface area contributed by atoms with Gasteiger partial charge in [-0.25, -0.2) is 4.79 Å². The third-order valence-electron chi connectivity index (χ3n) is 1.43. The molecule has 2 nitrogen and oxygen atoms in total. The van der Waals surface area contributed by atoms with Gasteiger partial charge >= 0.3 is 5.97 Å². The summed E-state index contributed by atoms with van der Waals surface area (Å²) in [6.07, 6.45) is 0. The lowest BCUT2D eigenvalue weighted by atomic mass is 10.2. The standard InChI is InChI=1S/C8H5Cl3O2/c1-13-8(12)6-4(9)2-3-5(10)7(6)11/h2-3H,1H3. The highest BCUT2D eigenvalue weighted by atomic mass is 35.5. The summed E-state index contributed by atoms with van der Waals surface area (Å²) in [4.78, 5) is 11.2. The Labute approximate surface area is 90.3 Å². The zero-order chi connectivity index (χ0) is 10.0. The molecule has 0 radical (unpaired) electrons. The minimum absolute atomic E-state index is 0.0957. The highest BCUT2D eigenvalue weighted by Crippen LogP contribution is 2.31. The van der Waals surface area contributed by atoms with Gasteiger partial charge in [0.15, 0.2) is 0 Å². The van der Waals surface area contributed by atoms with E-state index >= 15 is 0 Å². The summed E-state index contributed by atoms with van der Waals surface area (Å²) in [5.41, 5.74) is 0.0957. The van der Waals surface area contributed by atoms with Crippen molar-refractivity contribution in [2.45, 2.75) is 0 Å². The molecule has 0 aliphatic heterocycles. The van der Waals surface area contributed by atoms with Crippen LogP contribution in [0, 0.1) is 0 Å². The number of hydrogen-bond donors (Lipinski definition) is 0. The van der Waals surface area contributed by atoms with Gasteiger partial charge in [0.1, 0.15) is 0 Å². The molecule has 0 heterocycles. The molecule has 1 aromatic rings. The van der Waals surface area contributed by atoms with Crippen molar-refractivity contribution in [2.75, 3.05) is 7.11 Å². The van der Waals surface area contributed by atoms with Gasteiger partial charge < -0.3 is 4.74 Å². The summed E-state index contributed by atoms with van der Waals surface area (Å²) in [5, 5.41) is 0.605. The molecular formula is C8H5Cl3O2. The first-order valence-corrected chi connectivity index (χ1v) is 4.43. The van der Waals surface area contributed by atoms with Gasteiger partial charge in [-0.15, -0.1) is 0 Å². The van der Waals surface area contributed by atoms with Crippen molar-refractivity contribution in [2.24, 2.45) is 0 Å². The number of ether oxygens (including phenoxy) is 1. The van der Waals surface area contributed by atoms with E-state index in [-0.39, 0.29) is 20.6 Å². The summed E-state index contributed by atoms with van der Waals surface area (Å²) < 4.78 is 4.49. The third kappa shape index (κ3) is 2.08. The average molecular weight is 239 g/mol. The maximum atomic E-state index is 11.2. The summed E-state index contributed by atoms with van der Waals surface area (Å²) in [6.45, 7) is 0. The number of rotatable bonds is 1. The first kappa shape index (κ1) is 10.6. The smallest absolute Gasteiger partial charge is 0.340 e. The van der Waals surface area contributed by atoms with E-state index < -0.39 is 5.97 Å². The van der Waals surface area contributed by atoms with E-state index in [1.165, 1.54) is 19.2 Å². The van der Waals surface area contributed by atoms with Gasteiger partial charge in [0.2, 0.25) is 0 Å². The van der Waals surface area contributed by atoms with Crippen molar-refractivity contribution >= 4 is 40.8 Å². The molecule has 0 saturated carbocycles. The Hall–Kier alpha value is -0.440. The molecule has 0 saturated heterocycles. The van der Waals surface area contributed by atoms with E-state index in [4.69, 9.17) is 34.8 Å². The Morgan fingerprint density at radius 1 is 1.23 bits per heavy atom. The number of carbonyl (C=O) groups is 1. The van der Waals surface area contributed by atoms with Crippen LogP contribution in [0.4, 0.5) is 0 Å². The zero-order valence-corrected chi connectivity index (χ0v) is 8.87. The molecule has 0 bridgehead atoms. The van der Waals surface area contributed by atoms with Crippen molar-refractivity contribution in [3.63, 3.8) is 0 Å². The molecule has 1 rings (SSSR count). The maximum Gasteiger partial charge on any atom is 0.340 e. The highest BCUT2D eigenvalue weighted by Gasteiger charge is 2.17. The fraction of sp³-hybridized carbons (Fsp3) is 0.125. The van der Waals surface area contributed by atoms with E-state index in [1.54, 1.807) is 0 Å². The fourth-order valence-corrected chi connectivity index (χ4v) is 1.50. The Balaban J connectivity index is 3.33. The van der Waals surface area contributed by atoms with Crippen molar-refractivity contribution in [1.29, 1.82) is 0 Å². The van der Waals surface area contributed by atoms with Gasteiger partial charge in [0.25, 0.3) is 0 Å². The largest absolute Gasteiger partial charge is 0.465 e. The Bertz CT molecular complexity index is 349. The first-order valence-electron chi connectivity index (χ1n) is 3.29. The molecule has 0 aromatic heterocycles. The first-order chi connectivity index (χ1) is 6.07. The second-order valence-electron chi connectivity index (χ2n) is 2.21. The second-order valence-corrected chi connectivity index (χ2v) is 3.40. The van der Waals surface area contributed by atoms with Gasteiger partial charge in [0.05, 0.1) is 27.7 Å². The number of benzene rings is 1. The summed E-state index contributed by atoms with van der Waals surface area (Å²) in [5.74, 6) is -0.600. The minimum atomic E-state index is -0.600. The number of carbonyl (C=O) groups excluding carboxylic acids is 1. The second kappa shape index (κ2) is 4.18. The average Bonchev–Trinajstić information content (AvgIpc) is 2.12. The van der Waals surface area contributed by atoms with Crippen molar-refractivity contribution in [3.8, 4) is 0 Å². The topological polar surface area (TPSA) is 26.3 Å². The van der Waals surface area contributed by atoms with E-state index in [9.17, 15) is 4.79 Å². The Kier molecular flexibility index (Phi) is 3.42. The molecule has 0 aliphatic carbocycles. The van der Waals surface area contributed by atoms with E-state index in [1.807, 2.05) is 0 Å². The Morgan fingerprint density at radius 3 is 2.31 bits per heavy atom. The molecular weight excluding hydrogens is 234 g/mol. The monoisotopic (exact) mass is 238 g/mol. The van der Waals surface area contributed by atoms with E-state index in [0.717, 1.165) is 0 Å². The molecule has 13 heavy (non-hydrogen) atoms. The number of esters is 1. The van der Waals surface area contributed by atoms with Crippen LogP contribution in [0.2, 0.25) is 15.1 Å². The number of halogens is 3. The molecule has 0 spiro atoms.